The Labute approximate surface area is 167 Å². The molecule has 9 heteroatoms. The van der Waals surface area contributed by atoms with E-state index in [1.54, 1.807) is 17.9 Å². The average molecular weight is 411 g/mol. The number of halogens is 2. The largest absolute Gasteiger partial charge is 0.477 e. The number of amides is 1. The van der Waals surface area contributed by atoms with Crippen molar-refractivity contribution in [1.29, 1.82) is 0 Å². The molecule has 1 aromatic carbocycles. The Bertz CT molecular complexity index is 847. The van der Waals surface area contributed by atoms with Crippen LogP contribution in [0.5, 0.6) is 0 Å². The molecule has 1 saturated heterocycles. The Hall–Kier alpha value is -2.09. The molecule has 0 radical (unpaired) electrons. The van der Waals surface area contributed by atoms with Crippen LogP contribution in [0.25, 0.3) is 0 Å². The van der Waals surface area contributed by atoms with Gasteiger partial charge in [0.15, 0.2) is 0 Å². The summed E-state index contributed by atoms with van der Waals surface area (Å²) < 4.78 is 1.26. The molecule has 2 aromatic rings. The van der Waals surface area contributed by atoms with Crippen LogP contribution in [-0.4, -0.2) is 62.7 Å². The van der Waals surface area contributed by atoms with Crippen LogP contribution in [0.2, 0.25) is 10.0 Å². The molecule has 27 heavy (non-hydrogen) atoms. The highest BCUT2D eigenvalue weighted by molar-refractivity contribution is 6.42. The summed E-state index contributed by atoms with van der Waals surface area (Å²) in [4.78, 5) is 28.0. The van der Waals surface area contributed by atoms with E-state index in [2.05, 4.69) is 10.00 Å². The van der Waals surface area contributed by atoms with Gasteiger partial charge in [-0.05, 0) is 30.7 Å². The van der Waals surface area contributed by atoms with Crippen molar-refractivity contribution in [2.45, 2.75) is 19.5 Å². The van der Waals surface area contributed by atoms with Crippen molar-refractivity contribution < 1.29 is 14.7 Å². The number of carbonyl (C=O) groups is 2. The topological polar surface area (TPSA) is 78.7 Å². The predicted molar refractivity (Wildman–Crippen MR) is 102 cm³/mol. The molecule has 1 aliphatic heterocycles. The standard InChI is InChI=1S/C18H20Cl2N4O3/c1-12(24-16(18(26)27)4-5-21-24)17(25)23-8-6-22(7-9-23)11-13-2-3-14(19)15(20)10-13/h2-5,10,12H,6-9,11H2,1H3,(H,26,27). The van der Waals surface area contributed by atoms with Gasteiger partial charge < -0.3 is 10.0 Å². The van der Waals surface area contributed by atoms with Crippen molar-refractivity contribution in [3.05, 3.63) is 51.8 Å². The first-order valence-electron chi connectivity index (χ1n) is 8.58. The molecule has 3 rings (SSSR count). The zero-order valence-electron chi connectivity index (χ0n) is 14.8. The fourth-order valence-corrected chi connectivity index (χ4v) is 3.50. The maximum absolute atomic E-state index is 12.7. The molecule has 1 fully saturated rings. The van der Waals surface area contributed by atoms with E-state index in [1.807, 2.05) is 12.1 Å². The minimum atomic E-state index is -1.10. The van der Waals surface area contributed by atoms with Crippen molar-refractivity contribution >= 4 is 35.1 Å². The van der Waals surface area contributed by atoms with Gasteiger partial charge in [-0.3, -0.25) is 9.69 Å². The predicted octanol–water partition coefficient (Wildman–Crippen LogP) is 2.79. The summed E-state index contributed by atoms with van der Waals surface area (Å²) in [6, 6.07) is 6.31. The third-order valence-corrected chi connectivity index (χ3v) is 5.43. The average Bonchev–Trinajstić information content (AvgIpc) is 3.14. The van der Waals surface area contributed by atoms with Gasteiger partial charge in [0.05, 0.1) is 10.0 Å². The van der Waals surface area contributed by atoms with E-state index in [-0.39, 0.29) is 11.6 Å². The van der Waals surface area contributed by atoms with Crippen LogP contribution in [0.1, 0.15) is 29.0 Å². The van der Waals surface area contributed by atoms with Crippen LogP contribution in [0.4, 0.5) is 0 Å². The lowest BCUT2D eigenvalue weighted by atomic mass is 10.2. The fourth-order valence-electron chi connectivity index (χ4n) is 3.18. The summed E-state index contributed by atoms with van der Waals surface area (Å²) in [5.41, 5.74) is 1.08. The number of carbonyl (C=O) groups excluding carboxylic acids is 1. The van der Waals surface area contributed by atoms with Crippen LogP contribution < -0.4 is 0 Å². The molecule has 1 unspecified atom stereocenters. The highest BCUT2D eigenvalue weighted by atomic mass is 35.5. The van der Waals surface area contributed by atoms with E-state index in [0.717, 1.165) is 25.2 Å². The van der Waals surface area contributed by atoms with Crippen molar-refractivity contribution in [3.8, 4) is 0 Å². The molecule has 1 atom stereocenters. The quantitative estimate of drug-likeness (QED) is 0.819. The molecule has 1 N–H and O–H groups in total. The second-order valence-electron chi connectivity index (χ2n) is 6.49. The molecule has 7 nitrogen and oxygen atoms in total. The zero-order valence-corrected chi connectivity index (χ0v) is 16.3. The lowest BCUT2D eigenvalue weighted by molar-refractivity contribution is -0.136. The highest BCUT2D eigenvalue weighted by Crippen LogP contribution is 2.23. The normalized spacial score (nSPS) is 16.3. The molecule has 1 aliphatic rings. The molecular weight excluding hydrogens is 391 g/mol. The Morgan fingerprint density at radius 2 is 1.85 bits per heavy atom. The fraction of sp³-hybridized carbons (Fsp3) is 0.389. The zero-order chi connectivity index (χ0) is 19.6. The van der Waals surface area contributed by atoms with Gasteiger partial charge in [-0.2, -0.15) is 5.10 Å². The van der Waals surface area contributed by atoms with Gasteiger partial charge in [0.2, 0.25) is 5.91 Å². The van der Waals surface area contributed by atoms with E-state index in [9.17, 15) is 14.7 Å². The van der Waals surface area contributed by atoms with E-state index < -0.39 is 12.0 Å². The van der Waals surface area contributed by atoms with E-state index in [0.29, 0.717) is 23.1 Å². The van der Waals surface area contributed by atoms with Crippen molar-refractivity contribution in [2.75, 3.05) is 26.2 Å². The van der Waals surface area contributed by atoms with Crippen molar-refractivity contribution in [1.82, 2.24) is 19.6 Å². The lowest BCUT2D eigenvalue weighted by Gasteiger charge is -2.36. The second kappa shape index (κ2) is 8.29. The number of hydrogen-bond acceptors (Lipinski definition) is 4. The highest BCUT2D eigenvalue weighted by Gasteiger charge is 2.28. The molecule has 0 bridgehead atoms. The number of aromatic carboxylic acids is 1. The molecule has 2 heterocycles. The summed E-state index contributed by atoms with van der Waals surface area (Å²) in [6.45, 7) is 5.01. The molecule has 0 aliphatic carbocycles. The molecule has 144 valence electrons. The number of carboxylic acid groups (broad SMARTS) is 1. The summed E-state index contributed by atoms with van der Waals surface area (Å²) in [6.07, 6.45) is 1.39. The van der Waals surface area contributed by atoms with Gasteiger partial charge in [0, 0.05) is 38.9 Å². The summed E-state index contributed by atoms with van der Waals surface area (Å²) >= 11 is 12.0. The van der Waals surface area contributed by atoms with Crippen LogP contribution in [0.3, 0.4) is 0 Å². The van der Waals surface area contributed by atoms with E-state index in [1.165, 1.54) is 16.9 Å². The number of rotatable bonds is 5. The van der Waals surface area contributed by atoms with Crippen LogP contribution in [-0.2, 0) is 11.3 Å². The second-order valence-corrected chi connectivity index (χ2v) is 7.31. The Balaban J connectivity index is 1.58. The number of benzene rings is 1. The Kier molecular flexibility index (Phi) is 6.04. The van der Waals surface area contributed by atoms with Crippen molar-refractivity contribution in [2.24, 2.45) is 0 Å². The lowest BCUT2D eigenvalue weighted by Crippen LogP contribution is -2.50. The Morgan fingerprint density at radius 3 is 2.48 bits per heavy atom. The minimum absolute atomic E-state index is 0.00843. The smallest absolute Gasteiger partial charge is 0.354 e. The monoisotopic (exact) mass is 410 g/mol. The van der Waals surface area contributed by atoms with Gasteiger partial charge in [-0.15, -0.1) is 0 Å². The summed E-state index contributed by atoms with van der Waals surface area (Å²) in [7, 11) is 0. The van der Waals surface area contributed by atoms with Gasteiger partial charge in [-0.25, -0.2) is 9.48 Å². The molecule has 1 aromatic heterocycles. The maximum Gasteiger partial charge on any atom is 0.354 e. The third-order valence-electron chi connectivity index (χ3n) is 4.69. The summed E-state index contributed by atoms with van der Waals surface area (Å²) in [5.74, 6) is -1.23. The number of hydrogen-bond donors (Lipinski definition) is 1. The minimum Gasteiger partial charge on any atom is -0.477 e. The number of carboxylic acids is 1. The first-order chi connectivity index (χ1) is 12.9. The Morgan fingerprint density at radius 1 is 1.15 bits per heavy atom. The third kappa shape index (κ3) is 4.43. The number of nitrogens with zero attached hydrogens (tertiary/aromatic N) is 4. The number of aromatic nitrogens is 2. The first-order valence-corrected chi connectivity index (χ1v) is 9.34. The van der Waals surface area contributed by atoms with Crippen LogP contribution >= 0.6 is 23.2 Å². The molecule has 0 spiro atoms. The SMILES string of the molecule is CC(C(=O)N1CCN(Cc2ccc(Cl)c(Cl)c2)CC1)n1nccc1C(=O)O. The van der Waals surface area contributed by atoms with Gasteiger partial charge in [0.25, 0.3) is 0 Å². The van der Waals surface area contributed by atoms with Gasteiger partial charge >= 0.3 is 5.97 Å². The van der Waals surface area contributed by atoms with Crippen LogP contribution in [0, 0.1) is 0 Å². The van der Waals surface area contributed by atoms with E-state index in [4.69, 9.17) is 23.2 Å². The van der Waals surface area contributed by atoms with Gasteiger partial charge in [-0.1, -0.05) is 29.3 Å². The van der Waals surface area contributed by atoms with Crippen LogP contribution in [0.15, 0.2) is 30.5 Å². The molecule has 0 saturated carbocycles. The van der Waals surface area contributed by atoms with Crippen molar-refractivity contribution in [3.63, 3.8) is 0 Å². The van der Waals surface area contributed by atoms with Gasteiger partial charge in [0.1, 0.15) is 11.7 Å². The molecule has 1 amide bonds. The van der Waals surface area contributed by atoms with E-state index >= 15 is 0 Å². The summed E-state index contributed by atoms with van der Waals surface area (Å²) in [5, 5.41) is 14.3. The first kappa shape index (κ1) is 19.7. The molecular formula is C18H20Cl2N4O3. The number of piperazine rings is 1. The maximum atomic E-state index is 12.7.